The predicted molar refractivity (Wildman–Crippen MR) is 71.7 cm³/mol. The van der Waals surface area contributed by atoms with Crippen LogP contribution in [0.2, 0.25) is 0 Å². The van der Waals surface area contributed by atoms with Crippen molar-refractivity contribution in [3.63, 3.8) is 0 Å². The number of ether oxygens (including phenoxy) is 1. The van der Waals surface area contributed by atoms with Gasteiger partial charge in [-0.1, -0.05) is 13.0 Å². The zero-order valence-electron chi connectivity index (χ0n) is 11.6. The van der Waals surface area contributed by atoms with Crippen LogP contribution in [0.25, 0.3) is 0 Å². The van der Waals surface area contributed by atoms with E-state index in [-0.39, 0.29) is 4.90 Å². The zero-order valence-corrected chi connectivity index (χ0v) is 12.4. The van der Waals surface area contributed by atoms with E-state index in [9.17, 15) is 21.6 Å². The molecule has 118 valence electrons. The van der Waals surface area contributed by atoms with Gasteiger partial charge in [-0.2, -0.15) is 13.2 Å². The van der Waals surface area contributed by atoms with Crippen molar-refractivity contribution < 1.29 is 26.3 Å². The first kappa shape index (κ1) is 16.3. The molecule has 1 saturated heterocycles. The molecule has 0 spiro atoms. The van der Waals surface area contributed by atoms with Crippen LogP contribution in [0.1, 0.15) is 31.7 Å². The number of hydrogen-bond donors (Lipinski definition) is 0. The first-order valence-electron chi connectivity index (χ1n) is 6.73. The molecule has 1 aromatic carbocycles. The monoisotopic (exact) mass is 322 g/mol. The molecule has 1 heterocycles. The number of sulfone groups is 1. The quantitative estimate of drug-likeness (QED) is 0.856. The number of halogens is 3. The first-order valence-corrected chi connectivity index (χ1v) is 8.21. The molecule has 1 fully saturated rings. The number of benzene rings is 1. The van der Waals surface area contributed by atoms with Gasteiger partial charge < -0.3 is 4.74 Å². The molecule has 0 aromatic heterocycles. The summed E-state index contributed by atoms with van der Waals surface area (Å²) in [6.07, 6.45) is -3.58. The van der Waals surface area contributed by atoms with Crippen molar-refractivity contribution in [3.05, 3.63) is 29.8 Å². The van der Waals surface area contributed by atoms with Gasteiger partial charge in [0.1, 0.15) is 0 Å². The molecule has 0 radical (unpaired) electrons. The summed E-state index contributed by atoms with van der Waals surface area (Å²) in [5.74, 6) is 0. The smallest absolute Gasteiger partial charge is 0.381 e. The van der Waals surface area contributed by atoms with Crippen LogP contribution in [-0.4, -0.2) is 26.4 Å². The van der Waals surface area contributed by atoms with Gasteiger partial charge in [0, 0.05) is 13.2 Å². The largest absolute Gasteiger partial charge is 0.416 e. The number of alkyl halides is 3. The van der Waals surface area contributed by atoms with E-state index >= 15 is 0 Å². The molecule has 0 saturated carbocycles. The Bertz CT molecular complexity index is 602. The van der Waals surface area contributed by atoms with Crippen molar-refractivity contribution in [1.29, 1.82) is 0 Å². The fourth-order valence-corrected chi connectivity index (χ4v) is 4.77. The molecule has 7 heteroatoms. The van der Waals surface area contributed by atoms with E-state index in [4.69, 9.17) is 4.74 Å². The van der Waals surface area contributed by atoms with E-state index in [0.29, 0.717) is 32.5 Å². The summed E-state index contributed by atoms with van der Waals surface area (Å²) in [6.45, 7) is 2.37. The Morgan fingerprint density at radius 2 is 1.86 bits per heavy atom. The average Bonchev–Trinajstić information content (AvgIpc) is 2.47. The SMILES string of the molecule is CCC1(S(=O)(=O)c2cccc(C(F)(F)F)c2)CCOCC1. The summed E-state index contributed by atoms with van der Waals surface area (Å²) >= 11 is 0. The Morgan fingerprint density at radius 3 is 2.38 bits per heavy atom. The van der Waals surface area contributed by atoms with Crippen molar-refractivity contribution in [2.24, 2.45) is 0 Å². The van der Waals surface area contributed by atoms with Gasteiger partial charge in [0.2, 0.25) is 0 Å². The minimum Gasteiger partial charge on any atom is -0.381 e. The van der Waals surface area contributed by atoms with Crippen LogP contribution in [0.4, 0.5) is 13.2 Å². The molecule has 0 aliphatic carbocycles. The first-order chi connectivity index (χ1) is 9.73. The van der Waals surface area contributed by atoms with E-state index in [1.54, 1.807) is 6.92 Å². The van der Waals surface area contributed by atoms with Crippen molar-refractivity contribution in [3.8, 4) is 0 Å². The molecule has 0 unspecified atom stereocenters. The highest BCUT2D eigenvalue weighted by Crippen LogP contribution is 2.39. The lowest BCUT2D eigenvalue weighted by molar-refractivity contribution is -0.137. The maximum atomic E-state index is 12.8. The highest BCUT2D eigenvalue weighted by Gasteiger charge is 2.45. The van der Waals surface area contributed by atoms with E-state index in [1.165, 1.54) is 6.07 Å². The molecule has 0 bridgehead atoms. The van der Waals surface area contributed by atoms with E-state index in [2.05, 4.69) is 0 Å². The molecule has 0 amide bonds. The van der Waals surface area contributed by atoms with Crippen LogP contribution >= 0.6 is 0 Å². The summed E-state index contributed by atoms with van der Waals surface area (Å²) < 4.78 is 68.0. The topological polar surface area (TPSA) is 43.4 Å². The van der Waals surface area contributed by atoms with Crippen LogP contribution in [0.15, 0.2) is 29.2 Å². The van der Waals surface area contributed by atoms with Crippen molar-refractivity contribution >= 4 is 9.84 Å². The third-order valence-electron chi connectivity index (χ3n) is 4.09. The second-order valence-corrected chi connectivity index (χ2v) is 7.52. The van der Waals surface area contributed by atoms with E-state index in [1.807, 2.05) is 0 Å². The Kier molecular flexibility index (Phi) is 4.35. The van der Waals surface area contributed by atoms with Gasteiger partial charge >= 0.3 is 6.18 Å². The molecule has 21 heavy (non-hydrogen) atoms. The maximum Gasteiger partial charge on any atom is 0.416 e. The highest BCUT2D eigenvalue weighted by molar-refractivity contribution is 7.92. The van der Waals surface area contributed by atoms with E-state index < -0.39 is 26.3 Å². The normalized spacial score (nSPS) is 19.4. The highest BCUT2D eigenvalue weighted by atomic mass is 32.2. The van der Waals surface area contributed by atoms with Crippen LogP contribution in [0, 0.1) is 0 Å². The minimum atomic E-state index is -4.55. The Morgan fingerprint density at radius 1 is 1.24 bits per heavy atom. The van der Waals surface area contributed by atoms with E-state index in [0.717, 1.165) is 18.2 Å². The second kappa shape index (κ2) is 5.61. The molecule has 1 aromatic rings. The van der Waals surface area contributed by atoms with Gasteiger partial charge in [0.05, 0.1) is 15.2 Å². The molecular formula is C14H17F3O3S. The van der Waals surface area contributed by atoms with Gasteiger partial charge in [0.15, 0.2) is 9.84 Å². The van der Waals surface area contributed by atoms with Gasteiger partial charge in [-0.05, 0) is 37.5 Å². The van der Waals surface area contributed by atoms with Crippen LogP contribution < -0.4 is 0 Å². The maximum absolute atomic E-state index is 12.8. The Balaban J connectivity index is 2.48. The number of rotatable bonds is 3. The summed E-state index contributed by atoms with van der Waals surface area (Å²) in [5.41, 5.74) is -0.943. The molecule has 0 atom stereocenters. The summed E-state index contributed by atoms with van der Waals surface area (Å²) in [4.78, 5) is -0.263. The van der Waals surface area contributed by atoms with Crippen molar-refractivity contribution in [2.45, 2.75) is 42.0 Å². The van der Waals surface area contributed by atoms with Gasteiger partial charge in [-0.15, -0.1) is 0 Å². The van der Waals surface area contributed by atoms with Gasteiger partial charge in [-0.25, -0.2) is 8.42 Å². The molecule has 2 rings (SSSR count). The Hall–Kier alpha value is -1.08. The second-order valence-electron chi connectivity index (χ2n) is 5.18. The fraction of sp³-hybridized carbons (Fsp3) is 0.571. The lowest BCUT2D eigenvalue weighted by atomic mass is 9.96. The fourth-order valence-electron chi connectivity index (χ4n) is 2.65. The van der Waals surface area contributed by atoms with Crippen LogP contribution in [-0.2, 0) is 20.8 Å². The molecule has 1 aliphatic rings. The summed E-state index contributed by atoms with van der Waals surface area (Å²) in [7, 11) is -3.84. The lowest BCUT2D eigenvalue weighted by Crippen LogP contribution is -2.43. The average molecular weight is 322 g/mol. The van der Waals surface area contributed by atoms with Crippen molar-refractivity contribution in [2.75, 3.05) is 13.2 Å². The molecule has 1 aliphatic heterocycles. The standard InChI is InChI=1S/C14H17F3O3S/c1-2-13(6-8-20-9-7-13)21(18,19)12-5-3-4-11(10-12)14(15,16)17/h3-5,10H,2,6-9H2,1H3. The molecule has 3 nitrogen and oxygen atoms in total. The van der Waals surface area contributed by atoms with Crippen LogP contribution in [0.3, 0.4) is 0 Å². The summed E-state index contributed by atoms with van der Waals surface area (Å²) in [6, 6.07) is 3.97. The van der Waals surface area contributed by atoms with Gasteiger partial charge in [-0.3, -0.25) is 0 Å². The predicted octanol–water partition coefficient (Wildman–Crippen LogP) is 3.44. The number of hydrogen-bond acceptors (Lipinski definition) is 3. The summed E-state index contributed by atoms with van der Waals surface area (Å²) in [5, 5.41) is 0. The van der Waals surface area contributed by atoms with Gasteiger partial charge in [0.25, 0.3) is 0 Å². The lowest BCUT2D eigenvalue weighted by Gasteiger charge is -2.35. The molecular weight excluding hydrogens is 305 g/mol. The molecule has 0 N–H and O–H groups in total. The Labute approximate surface area is 122 Å². The minimum absolute atomic E-state index is 0.263. The van der Waals surface area contributed by atoms with Crippen LogP contribution in [0.5, 0.6) is 0 Å². The zero-order chi connectivity index (χ0) is 15.7. The third-order valence-corrected chi connectivity index (χ3v) is 6.80. The third kappa shape index (κ3) is 2.94. The van der Waals surface area contributed by atoms with Crippen molar-refractivity contribution in [1.82, 2.24) is 0 Å².